The molecule has 0 radical (unpaired) electrons. The maximum absolute atomic E-state index is 9.05. The second-order valence-electron chi connectivity index (χ2n) is 22.6. The van der Waals surface area contributed by atoms with Crippen molar-refractivity contribution in [3.63, 3.8) is 0 Å². The quantitative estimate of drug-likeness (QED) is 0.0229. The van der Waals surface area contributed by atoms with Gasteiger partial charge in [-0.15, -0.1) is 13.2 Å². The normalized spacial score (nSPS) is 13.5. The second kappa shape index (κ2) is 93.3. The van der Waals surface area contributed by atoms with Crippen molar-refractivity contribution in [2.24, 2.45) is 5.92 Å². The van der Waals surface area contributed by atoms with Gasteiger partial charge in [0.05, 0.1) is 95.6 Å². The first-order chi connectivity index (χ1) is 39.6. The number of alkyl halides is 2. The van der Waals surface area contributed by atoms with Crippen LogP contribution in [0.15, 0.2) is 25.3 Å². The van der Waals surface area contributed by atoms with E-state index in [0.717, 1.165) is 51.2 Å². The van der Waals surface area contributed by atoms with Crippen molar-refractivity contribution in [1.82, 2.24) is 0 Å². The third-order valence-corrected chi connectivity index (χ3v) is 13.7. The average Bonchev–Trinajstić information content (AvgIpc) is 3.47. The summed E-state index contributed by atoms with van der Waals surface area (Å²) in [4.78, 5) is 0. The summed E-state index contributed by atoms with van der Waals surface area (Å²) in [5, 5.41) is 28.3. The molecule has 0 saturated heterocycles. The minimum absolute atomic E-state index is 0. The Morgan fingerprint density at radius 2 is 0.655 bits per heavy atom. The Morgan fingerprint density at radius 1 is 0.369 bits per heavy atom. The van der Waals surface area contributed by atoms with E-state index in [-0.39, 0.29) is 94.0 Å². The first-order valence-electron chi connectivity index (χ1n) is 33.7. The Bertz CT molecular complexity index is 1100. The molecule has 0 aromatic carbocycles. The molecule has 0 spiro atoms. The molecule has 15 heteroatoms. The van der Waals surface area contributed by atoms with Gasteiger partial charge < -0.3 is 58.7 Å². The molecule has 0 aliphatic heterocycles. The molecule has 4 N–H and O–H groups in total. The van der Waals surface area contributed by atoms with E-state index in [1.807, 2.05) is 20.8 Å². The summed E-state index contributed by atoms with van der Waals surface area (Å²) < 4.78 is 44.3. The van der Waals surface area contributed by atoms with E-state index in [0.29, 0.717) is 45.6 Å². The minimum atomic E-state index is -0.445. The molecule has 0 heterocycles. The second-order valence-corrected chi connectivity index (χ2v) is 24.1. The Morgan fingerprint density at radius 3 is 0.964 bits per heavy atom. The van der Waals surface area contributed by atoms with Crippen LogP contribution < -0.4 is 51.4 Å². The maximum Gasteiger partial charge on any atom is 1.00 e. The number of hydrogen-bond donors (Lipinski definition) is 3. The van der Waals surface area contributed by atoms with E-state index in [9.17, 15) is 0 Å². The molecule has 0 aliphatic rings. The van der Waals surface area contributed by atoms with Crippen LogP contribution in [0.25, 0.3) is 0 Å². The van der Waals surface area contributed by atoms with Crippen LogP contribution in [0.5, 0.6) is 0 Å². The molecule has 0 saturated carbocycles. The summed E-state index contributed by atoms with van der Waals surface area (Å²) in [5.74, 6) is 0.678. The molecule has 0 fully saturated rings. The van der Waals surface area contributed by atoms with Gasteiger partial charge in [0.15, 0.2) is 0 Å². The molecule has 8 atom stereocenters. The number of aliphatic hydroxyl groups excluding tert-OH is 3. The fourth-order valence-electron chi connectivity index (χ4n) is 7.47. The van der Waals surface area contributed by atoms with Gasteiger partial charge in [-0.3, -0.25) is 0 Å². The Hall–Kier alpha value is 1.60. The zero-order chi connectivity index (χ0) is 62.8. The van der Waals surface area contributed by atoms with Crippen LogP contribution in [0.2, 0.25) is 0 Å². The third-order valence-electron chi connectivity index (χ3n) is 12.7. The molecule has 0 bridgehead atoms. The van der Waals surface area contributed by atoms with E-state index in [2.05, 4.69) is 93.5 Å². The van der Waals surface area contributed by atoms with Crippen molar-refractivity contribution < 1.29 is 110 Å². The summed E-state index contributed by atoms with van der Waals surface area (Å²) in [7, 11) is 0. The molecule has 0 rings (SSSR count). The molecule has 508 valence electrons. The fourth-order valence-corrected chi connectivity index (χ4v) is 7.87. The standard InChI is InChI=1S/C22H46O2.C17H34O3.C14H30O3.C7H15Br.C6H14O3.C3H5Br.K.H2O/c1-5-7-9-11-13-15-17-21(3)19-24-22(4)20-23-18-16-14-12-10-8-6-2;1-5-7-8-9-10-11-13-18-14-16(3)20-15-17(4)19-12-6-2;1-4-5-6-7-8-9-10-16-12-14(3)17-11-13(2)15;1-2-3-4-5-6-7-8;1-5(8)4-9-6(2)3-7;1-2-3-4;;/h21-22H,5-20H2,1-4H3;6,16-17H,2,5,7-15H2,1,3-4H3;13-15H,4-12H2,1-3H3;2-7H2,1H3;5-8H,3-4H2,1-2H3;2H,1,3H2;;1H2/q;;;;;;+1;/p-1. The van der Waals surface area contributed by atoms with Gasteiger partial charge in [0.1, 0.15) is 0 Å². The molecule has 0 amide bonds. The van der Waals surface area contributed by atoms with Crippen molar-refractivity contribution in [2.75, 3.05) is 89.9 Å². The number of aliphatic hydroxyl groups is 3. The molecule has 0 aromatic heterocycles. The number of unbranched alkanes of at least 4 members (excludes halogenated alkanes) is 24. The van der Waals surface area contributed by atoms with Crippen molar-refractivity contribution in [2.45, 2.75) is 325 Å². The van der Waals surface area contributed by atoms with Gasteiger partial charge in [0, 0.05) is 37.1 Å². The van der Waals surface area contributed by atoms with Crippen molar-refractivity contribution in [3.05, 3.63) is 25.3 Å². The van der Waals surface area contributed by atoms with E-state index in [4.69, 9.17) is 53.2 Å². The zero-order valence-electron chi connectivity index (χ0n) is 58.1. The van der Waals surface area contributed by atoms with Gasteiger partial charge >= 0.3 is 51.4 Å². The van der Waals surface area contributed by atoms with Gasteiger partial charge in [-0.1, -0.05) is 246 Å². The van der Waals surface area contributed by atoms with Gasteiger partial charge in [-0.25, -0.2) is 0 Å². The molecular weight excluding hydrogens is 1220 g/mol. The van der Waals surface area contributed by atoms with Crippen LogP contribution in [0.3, 0.4) is 0 Å². The van der Waals surface area contributed by atoms with Crippen LogP contribution in [0.4, 0.5) is 0 Å². The van der Waals surface area contributed by atoms with Crippen LogP contribution in [0, 0.1) is 5.92 Å². The van der Waals surface area contributed by atoms with Crippen LogP contribution >= 0.6 is 31.9 Å². The predicted molar refractivity (Wildman–Crippen MR) is 366 cm³/mol. The zero-order valence-corrected chi connectivity index (χ0v) is 64.4. The topological polar surface area (TPSA) is 165 Å². The van der Waals surface area contributed by atoms with Gasteiger partial charge in [0.25, 0.3) is 0 Å². The predicted octanol–water partition coefficient (Wildman–Crippen LogP) is 16.2. The van der Waals surface area contributed by atoms with E-state index in [1.165, 1.54) is 185 Å². The van der Waals surface area contributed by atoms with Crippen LogP contribution in [0.1, 0.15) is 283 Å². The summed E-state index contributed by atoms with van der Waals surface area (Å²) >= 11 is 6.53. The number of allylic oxidation sites excluding steroid dienone is 1. The third kappa shape index (κ3) is 111. The number of rotatable bonds is 56. The first-order valence-corrected chi connectivity index (χ1v) is 35.9. The molecular formula is C69H145Br2KO12. The fraction of sp³-hybridized carbons (Fsp3) is 0.942. The summed E-state index contributed by atoms with van der Waals surface area (Å²) in [6.07, 6.45) is 43.1. The number of ether oxygens (including phenoxy) is 8. The van der Waals surface area contributed by atoms with Gasteiger partial charge in [-0.2, -0.15) is 0 Å². The van der Waals surface area contributed by atoms with Gasteiger partial charge in [-0.05, 0) is 86.5 Å². The summed E-state index contributed by atoms with van der Waals surface area (Å²) in [6, 6.07) is 0. The maximum atomic E-state index is 9.05. The summed E-state index contributed by atoms with van der Waals surface area (Å²) in [5.41, 5.74) is 0. The Balaban J connectivity index is -0.000000146. The van der Waals surface area contributed by atoms with Crippen molar-refractivity contribution in [1.29, 1.82) is 0 Å². The smallest absolute Gasteiger partial charge is 0.870 e. The molecule has 8 unspecified atom stereocenters. The van der Waals surface area contributed by atoms with Crippen LogP contribution in [-0.4, -0.2) is 153 Å². The van der Waals surface area contributed by atoms with Crippen molar-refractivity contribution in [3.8, 4) is 0 Å². The molecule has 84 heavy (non-hydrogen) atoms. The molecule has 0 aromatic rings. The molecule has 0 aliphatic carbocycles. The van der Waals surface area contributed by atoms with Crippen molar-refractivity contribution >= 4 is 31.9 Å². The van der Waals surface area contributed by atoms with Crippen LogP contribution in [-0.2, 0) is 37.9 Å². The van der Waals surface area contributed by atoms with E-state index < -0.39 is 12.2 Å². The number of hydrogen-bond acceptors (Lipinski definition) is 12. The van der Waals surface area contributed by atoms with Gasteiger partial charge in [0.2, 0.25) is 0 Å². The van der Waals surface area contributed by atoms with E-state index >= 15 is 0 Å². The Kier molecular flexibility index (Phi) is 113. The average molecular weight is 1370 g/mol. The summed E-state index contributed by atoms with van der Waals surface area (Å²) in [6.45, 7) is 41.3. The molecule has 12 nitrogen and oxygen atoms in total. The number of halogens is 2. The minimum Gasteiger partial charge on any atom is -0.870 e. The largest absolute Gasteiger partial charge is 1.00 e. The monoisotopic (exact) mass is 1360 g/mol. The van der Waals surface area contributed by atoms with E-state index in [1.54, 1.807) is 32.9 Å². The first kappa shape index (κ1) is 102. The SMILES string of the molecule is C=CCBr.C=CCOC(C)COC(C)COCCCCCCCC.CC(O)COC(C)CO.CCCCCCCBr.CCCCCCCCOCC(C)OCC(C)CCCCCCCC.CCCCCCCCOCC(C)OCC(C)O.[K+].[OH-]. The Labute approximate surface area is 583 Å².